The third-order valence-corrected chi connectivity index (χ3v) is 4.01. The monoisotopic (exact) mass is 326 g/mol. The Balaban J connectivity index is 2.56. The van der Waals surface area contributed by atoms with Crippen LogP contribution in [0.5, 0.6) is 0 Å². The Morgan fingerprint density at radius 3 is 2.50 bits per heavy atom. The molecule has 1 aromatic carbocycles. The molecule has 0 fully saturated rings. The number of hydrogen-bond donors (Lipinski definition) is 0. The Kier molecular flexibility index (Phi) is 6.79. The molecule has 1 aliphatic rings. The maximum absolute atomic E-state index is 12.5. The van der Waals surface area contributed by atoms with Gasteiger partial charge in [-0.05, 0) is 39.7 Å². The molecule has 0 atom stereocenters. The first-order chi connectivity index (χ1) is 11.7. The molecule has 0 N–H and O–H groups in total. The van der Waals surface area contributed by atoms with Crippen LogP contribution in [0.2, 0.25) is 0 Å². The second-order valence-corrected chi connectivity index (χ2v) is 5.49. The van der Waals surface area contributed by atoms with E-state index < -0.39 is 0 Å². The first-order valence-electron chi connectivity index (χ1n) is 8.67. The van der Waals surface area contributed by atoms with E-state index in [-0.39, 0.29) is 5.97 Å². The van der Waals surface area contributed by atoms with Gasteiger partial charge in [-0.25, -0.2) is 9.79 Å². The van der Waals surface area contributed by atoms with Gasteiger partial charge in [0, 0.05) is 24.4 Å². The number of hydrogen-bond acceptors (Lipinski definition) is 4. The summed E-state index contributed by atoms with van der Waals surface area (Å²) in [6.07, 6.45) is 5.78. The number of esters is 1. The van der Waals surface area contributed by atoms with Crippen molar-refractivity contribution in [2.75, 3.05) is 19.7 Å². The molecule has 1 aliphatic heterocycles. The van der Waals surface area contributed by atoms with Gasteiger partial charge in [0.25, 0.3) is 0 Å². The van der Waals surface area contributed by atoms with Gasteiger partial charge < -0.3 is 9.64 Å². The number of benzene rings is 1. The molecule has 128 valence electrons. The van der Waals surface area contributed by atoms with Gasteiger partial charge in [-0.3, -0.25) is 0 Å². The van der Waals surface area contributed by atoms with Gasteiger partial charge in [0.15, 0.2) is 5.70 Å². The van der Waals surface area contributed by atoms with Crippen LogP contribution in [0.25, 0.3) is 0 Å². The van der Waals surface area contributed by atoms with E-state index >= 15 is 0 Å². The Labute approximate surface area is 144 Å². The summed E-state index contributed by atoms with van der Waals surface area (Å²) in [6, 6.07) is 9.93. The highest BCUT2D eigenvalue weighted by Crippen LogP contribution is 2.22. The molecule has 0 aliphatic carbocycles. The second kappa shape index (κ2) is 9.06. The third-order valence-electron chi connectivity index (χ3n) is 4.01. The van der Waals surface area contributed by atoms with Crippen molar-refractivity contribution >= 4 is 11.7 Å². The van der Waals surface area contributed by atoms with Crippen molar-refractivity contribution in [1.29, 1.82) is 0 Å². The molecular formula is C20H26N2O2. The third kappa shape index (κ3) is 4.34. The van der Waals surface area contributed by atoms with Crippen LogP contribution in [0.1, 0.15) is 39.2 Å². The highest BCUT2D eigenvalue weighted by Gasteiger charge is 2.21. The van der Waals surface area contributed by atoms with Gasteiger partial charge in [0.05, 0.1) is 12.3 Å². The zero-order valence-electron chi connectivity index (χ0n) is 14.8. The molecule has 0 radical (unpaired) electrons. The van der Waals surface area contributed by atoms with E-state index in [2.05, 4.69) is 24.8 Å². The van der Waals surface area contributed by atoms with Crippen molar-refractivity contribution in [2.45, 2.75) is 33.6 Å². The van der Waals surface area contributed by atoms with E-state index in [1.165, 1.54) is 0 Å². The predicted octanol–water partition coefficient (Wildman–Crippen LogP) is 3.94. The van der Waals surface area contributed by atoms with Gasteiger partial charge in [-0.15, -0.1) is 0 Å². The average molecular weight is 326 g/mol. The summed E-state index contributed by atoms with van der Waals surface area (Å²) < 4.78 is 5.28. The van der Waals surface area contributed by atoms with Gasteiger partial charge in [0.1, 0.15) is 0 Å². The minimum atomic E-state index is -0.344. The lowest BCUT2D eigenvalue weighted by Crippen LogP contribution is -2.26. The molecule has 0 bridgehead atoms. The summed E-state index contributed by atoms with van der Waals surface area (Å²) in [5, 5.41) is 0. The fourth-order valence-electron chi connectivity index (χ4n) is 2.80. The van der Waals surface area contributed by atoms with Crippen molar-refractivity contribution in [3.05, 3.63) is 59.4 Å². The molecule has 4 heteroatoms. The van der Waals surface area contributed by atoms with Crippen molar-refractivity contribution in [3.8, 4) is 0 Å². The minimum Gasteiger partial charge on any atom is -0.461 e. The summed E-state index contributed by atoms with van der Waals surface area (Å²) >= 11 is 0. The molecule has 1 heterocycles. The first-order valence-corrected chi connectivity index (χ1v) is 8.67. The number of ether oxygens (including phenoxy) is 1. The zero-order chi connectivity index (χ0) is 17.4. The van der Waals surface area contributed by atoms with Crippen LogP contribution in [-0.2, 0) is 9.53 Å². The van der Waals surface area contributed by atoms with Crippen LogP contribution in [0.3, 0.4) is 0 Å². The van der Waals surface area contributed by atoms with Gasteiger partial charge in [0.2, 0.25) is 0 Å². The molecule has 0 saturated carbocycles. The number of carbonyl (C=O) groups is 1. The van der Waals surface area contributed by atoms with Crippen LogP contribution in [0.15, 0.2) is 58.9 Å². The lowest BCUT2D eigenvalue weighted by Gasteiger charge is -2.26. The Morgan fingerprint density at radius 2 is 1.88 bits per heavy atom. The van der Waals surface area contributed by atoms with E-state index in [0.29, 0.717) is 12.3 Å². The van der Waals surface area contributed by atoms with Crippen LogP contribution in [0, 0.1) is 0 Å². The molecular weight excluding hydrogens is 300 g/mol. The van der Waals surface area contributed by atoms with E-state index in [1.54, 1.807) is 0 Å². The number of aliphatic imine (C=N–C) groups is 1. The second-order valence-electron chi connectivity index (χ2n) is 5.49. The quantitative estimate of drug-likeness (QED) is 0.744. The van der Waals surface area contributed by atoms with Crippen molar-refractivity contribution in [1.82, 2.24) is 4.90 Å². The molecule has 0 spiro atoms. The number of nitrogens with zero attached hydrogens (tertiary/aromatic N) is 2. The fourth-order valence-corrected chi connectivity index (χ4v) is 2.80. The first kappa shape index (κ1) is 18.0. The van der Waals surface area contributed by atoms with Crippen molar-refractivity contribution in [3.63, 3.8) is 0 Å². The molecule has 2 rings (SSSR count). The topological polar surface area (TPSA) is 41.9 Å². The normalized spacial score (nSPS) is 21.2. The maximum Gasteiger partial charge on any atom is 0.358 e. The predicted molar refractivity (Wildman–Crippen MR) is 97.9 cm³/mol. The van der Waals surface area contributed by atoms with Crippen molar-refractivity contribution in [2.24, 2.45) is 4.99 Å². The molecule has 24 heavy (non-hydrogen) atoms. The fraction of sp³-hybridized carbons (Fsp3) is 0.400. The number of rotatable bonds is 6. The highest BCUT2D eigenvalue weighted by atomic mass is 16.5. The lowest BCUT2D eigenvalue weighted by molar-refractivity contribution is -0.138. The SMILES string of the molecule is CCOC(=O)C1=C(/N(CC)CC)CC\C=C/C(c2ccccc2)=N/1. The lowest BCUT2D eigenvalue weighted by atomic mass is 10.1. The maximum atomic E-state index is 12.5. The van der Waals surface area contributed by atoms with E-state index in [4.69, 9.17) is 9.73 Å². The van der Waals surface area contributed by atoms with Gasteiger partial charge >= 0.3 is 5.97 Å². The zero-order valence-corrected chi connectivity index (χ0v) is 14.8. The van der Waals surface area contributed by atoms with Gasteiger partial charge in [-0.2, -0.15) is 0 Å². The molecule has 0 amide bonds. The van der Waals surface area contributed by atoms with E-state index in [0.717, 1.165) is 42.9 Å². The largest absolute Gasteiger partial charge is 0.461 e. The van der Waals surface area contributed by atoms with Gasteiger partial charge in [-0.1, -0.05) is 36.4 Å². The smallest absolute Gasteiger partial charge is 0.358 e. The van der Waals surface area contributed by atoms with Crippen LogP contribution in [-0.4, -0.2) is 36.3 Å². The van der Waals surface area contributed by atoms with Crippen LogP contribution >= 0.6 is 0 Å². The summed E-state index contributed by atoms with van der Waals surface area (Å²) in [4.78, 5) is 19.5. The average Bonchev–Trinajstić information content (AvgIpc) is 2.59. The number of allylic oxidation sites excluding steroid dienone is 3. The standard InChI is InChI=1S/C20H26N2O2/c1-4-22(5-2)18-15-11-10-14-17(16-12-8-7-9-13-16)21-19(18)20(23)24-6-3/h7-10,12-14H,4-6,11,15H2,1-3H3/b14-10-,19-18+,21-17-. The summed E-state index contributed by atoms with van der Waals surface area (Å²) in [6.45, 7) is 8.04. The van der Waals surface area contributed by atoms with Crippen LogP contribution < -0.4 is 0 Å². The molecule has 0 unspecified atom stereocenters. The van der Waals surface area contributed by atoms with Crippen LogP contribution in [0.4, 0.5) is 0 Å². The molecule has 0 aromatic heterocycles. The molecule has 0 saturated heterocycles. The Bertz CT molecular complexity index is 641. The Hall–Kier alpha value is -2.36. The van der Waals surface area contributed by atoms with E-state index in [1.807, 2.05) is 43.3 Å². The molecule has 4 nitrogen and oxygen atoms in total. The van der Waals surface area contributed by atoms with E-state index in [9.17, 15) is 4.79 Å². The van der Waals surface area contributed by atoms with Crippen molar-refractivity contribution < 1.29 is 9.53 Å². The summed E-state index contributed by atoms with van der Waals surface area (Å²) in [5.41, 5.74) is 3.19. The number of carbonyl (C=O) groups excluding carboxylic acids is 1. The summed E-state index contributed by atoms with van der Waals surface area (Å²) in [5.74, 6) is -0.344. The molecule has 1 aromatic rings. The minimum absolute atomic E-state index is 0.344. The summed E-state index contributed by atoms with van der Waals surface area (Å²) in [7, 11) is 0. The Morgan fingerprint density at radius 1 is 1.17 bits per heavy atom. The highest BCUT2D eigenvalue weighted by molar-refractivity contribution is 6.11.